The Balaban J connectivity index is 1.28. The number of ether oxygens (including phenoxy) is 1. The van der Waals surface area contributed by atoms with Gasteiger partial charge in [0.2, 0.25) is 5.16 Å². The van der Waals surface area contributed by atoms with Gasteiger partial charge in [0.05, 0.1) is 6.42 Å². The zero-order chi connectivity index (χ0) is 23.1. The Hall–Kier alpha value is -3.52. The third-order valence-corrected chi connectivity index (χ3v) is 6.56. The lowest BCUT2D eigenvalue weighted by Gasteiger charge is -2.10. The van der Waals surface area contributed by atoms with Crippen LogP contribution in [0.3, 0.4) is 0 Å². The van der Waals surface area contributed by atoms with Crippen molar-refractivity contribution in [3.8, 4) is 11.1 Å². The molecular formula is C25H22N4O3S. The standard InChI is InChI=1S/C25H22N4O3S/c1-14-20(15(2)29-24(26-14)27-25(28-29)33-3)12-23(31)32-13-22(30)18-9-8-17-10-16-6-4-5-7-19(16)21(17)11-18/h4-9,11H,10,12-13H2,1-3H3. The van der Waals surface area contributed by atoms with E-state index in [2.05, 4.69) is 27.2 Å². The molecule has 0 N–H and O–H groups in total. The molecule has 166 valence electrons. The van der Waals surface area contributed by atoms with Crippen molar-refractivity contribution < 1.29 is 14.3 Å². The maximum atomic E-state index is 12.7. The molecule has 0 saturated heterocycles. The van der Waals surface area contributed by atoms with E-state index in [1.54, 1.807) is 10.6 Å². The number of fused-ring (bicyclic) bond motifs is 4. The van der Waals surface area contributed by atoms with Gasteiger partial charge in [0.15, 0.2) is 12.4 Å². The third kappa shape index (κ3) is 3.91. The summed E-state index contributed by atoms with van der Waals surface area (Å²) in [6.45, 7) is 3.40. The molecule has 2 aromatic heterocycles. The zero-order valence-electron chi connectivity index (χ0n) is 18.6. The maximum Gasteiger partial charge on any atom is 0.310 e. The summed E-state index contributed by atoms with van der Waals surface area (Å²) in [6.07, 6.45) is 2.78. The second-order valence-electron chi connectivity index (χ2n) is 8.04. The van der Waals surface area contributed by atoms with Crippen LogP contribution in [-0.2, 0) is 22.4 Å². The van der Waals surface area contributed by atoms with Gasteiger partial charge in [0, 0.05) is 22.5 Å². The van der Waals surface area contributed by atoms with Crippen LogP contribution in [0.5, 0.6) is 0 Å². The van der Waals surface area contributed by atoms with E-state index in [-0.39, 0.29) is 18.8 Å². The summed E-state index contributed by atoms with van der Waals surface area (Å²) in [6, 6.07) is 13.9. The van der Waals surface area contributed by atoms with E-state index in [9.17, 15) is 9.59 Å². The molecule has 0 saturated carbocycles. The Morgan fingerprint density at radius 3 is 2.67 bits per heavy atom. The molecule has 8 heteroatoms. The normalized spacial score (nSPS) is 12.0. The van der Waals surface area contributed by atoms with Crippen molar-refractivity contribution in [2.24, 2.45) is 0 Å². The average molecular weight is 459 g/mol. The molecule has 0 atom stereocenters. The van der Waals surface area contributed by atoms with E-state index >= 15 is 0 Å². The lowest BCUT2D eigenvalue weighted by atomic mass is 10.0. The van der Waals surface area contributed by atoms with Gasteiger partial charge >= 0.3 is 5.97 Å². The van der Waals surface area contributed by atoms with Crippen molar-refractivity contribution in [3.05, 3.63) is 76.1 Å². The molecule has 0 radical (unpaired) electrons. The predicted molar refractivity (Wildman–Crippen MR) is 126 cm³/mol. The van der Waals surface area contributed by atoms with Gasteiger partial charge in [-0.05, 0) is 54.8 Å². The number of carbonyl (C=O) groups excluding carboxylic acids is 2. The molecule has 5 rings (SSSR count). The Kier molecular flexibility index (Phi) is 5.46. The van der Waals surface area contributed by atoms with Crippen LogP contribution in [-0.4, -0.2) is 44.2 Å². The van der Waals surface area contributed by atoms with Crippen LogP contribution in [0.25, 0.3) is 16.9 Å². The lowest BCUT2D eigenvalue weighted by Crippen LogP contribution is -2.18. The van der Waals surface area contributed by atoms with E-state index < -0.39 is 5.97 Å². The second-order valence-corrected chi connectivity index (χ2v) is 8.81. The molecule has 0 fully saturated rings. The Labute approximate surface area is 195 Å². The number of esters is 1. The first kappa shape index (κ1) is 21.3. The minimum Gasteiger partial charge on any atom is -0.457 e. The van der Waals surface area contributed by atoms with Crippen LogP contribution in [0.1, 0.15) is 38.4 Å². The number of ketones is 1. The van der Waals surface area contributed by atoms with E-state index in [1.807, 2.05) is 44.4 Å². The highest BCUT2D eigenvalue weighted by atomic mass is 32.2. The Bertz CT molecular complexity index is 1430. The largest absolute Gasteiger partial charge is 0.457 e. The van der Waals surface area contributed by atoms with Crippen LogP contribution in [0.2, 0.25) is 0 Å². The number of rotatable bonds is 6. The first-order valence-corrected chi connectivity index (χ1v) is 11.8. The number of benzene rings is 2. The first-order valence-electron chi connectivity index (χ1n) is 10.6. The molecule has 33 heavy (non-hydrogen) atoms. The number of aryl methyl sites for hydroxylation is 2. The smallest absolute Gasteiger partial charge is 0.310 e. The van der Waals surface area contributed by atoms with Crippen LogP contribution >= 0.6 is 11.8 Å². The molecule has 1 aliphatic rings. The summed E-state index contributed by atoms with van der Waals surface area (Å²) in [5.74, 6) is -0.203. The molecule has 2 heterocycles. The summed E-state index contributed by atoms with van der Waals surface area (Å²) in [7, 11) is 0. The first-order chi connectivity index (χ1) is 15.9. The molecule has 0 spiro atoms. The summed E-state index contributed by atoms with van der Waals surface area (Å²) in [5, 5.41) is 5.02. The van der Waals surface area contributed by atoms with Crippen molar-refractivity contribution in [2.75, 3.05) is 12.9 Å². The van der Waals surface area contributed by atoms with Crippen LogP contribution in [0.4, 0.5) is 0 Å². The van der Waals surface area contributed by atoms with Gasteiger partial charge in [-0.15, -0.1) is 5.10 Å². The highest BCUT2D eigenvalue weighted by Gasteiger charge is 2.21. The summed E-state index contributed by atoms with van der Waals surface area (Å²) < 4.78 is 6.97. The molecule has 0 unspecified atom stereocenters. The van der Waals surface area contributed by atoms with Crippen molar-refractivity contribution in [2.45, 2.75) is 31.8 Å². The lowest BCUT2D eigenvalue weighted by molar-refractivity contribution is -0.141. The van der Waals surface area contributed by atoms with Gasteiger partial charge in [0.1, 0.15) is 0 Å². The fraction of sp³-hybridized carbons (Fsp3) is 0.240. The Morgan fingerprint density at radius 2 is 1.85 bits per heavy atom. The molecule has 4 aromatic rings. The van der Waals surface area contributed by atoms with E-state index in [0.29, 0.717) is 22.2 Å². The number of aromatic nitrogens is 4. The van der Waals surface area contributed by atoms with Crippen molar-refractivity contribution in [1.82, 2.24) is 19.6 Å². The van der Waals surface area contributed by atoms with Gasteiger partial charge in [-0.25, -0.2) is 9.50 Å². The van der Waals surface area contributed by atoms with Crippen LogP contribution in [0.15, 0.2) is 47.6 Å². The van der Waals surface area contributed by atoms with E-state index in [1.165, 1.54) is 22.9 Å². The minimum atomic E-state index is -0.479. The topological polar surface area (TPSA) is 86.5 Å². The van der Waals surface area contributed by atoms with Gasteiger partial charge in [-0.1, -0.05) is 48.2 Å². The van der Waals surface area contributed by atoms with Crippen molar-refractivity contribution in [1.29, 1.82) is 0 Å². The van der Waals surface area contributed by atoms with E-state index in [4.69, 9.17) is 4.74 Å². The SMILES string of the molecule is CSc1nc2nc(C)c(CC(=O)OCC(=O)c3ccc4c(c3)-c3ccccc3C4)c(C)n2n1. The molecule has 2 aromatic carbocycles. The second kappa shape index (κ2) is 8.44. The Morgan fingerprint density at radius 1 is 1.06 bits per heavy atom. The number of carbonyl (C=O) groups is 2. The predicted octanol–water partition coefficient (Wildman–Crippen LogP) is 4.00. The van der Waals surface area contributed by atoms with Crippen molar-refractivity contribution >= 4 is 29.3 Å². The highest BCUT2D eigenvalue weighted by Crippen LogP contribution is 2.36. The van der Waals surface area contributed by atoms with E-state index in [0.717, 1.165) is 28.8 Å². The van der Waals surface area contributed by atoms with Crippen molar-refractivity contribution in [3.63, 3.8) is 0 Å². The van der Waals surface area contributed by atoms with Gasteiger partial charge in [-0.3, -0.25) is 9.59 Å². The monoisotopic (exact) mass is 458 g/mol. The molecular weight excluding hydrogens is 436 g/mol. The quantitative estimate of drug-likeness (QED) is 0.216. The average Bonchev–Trinajstić information content (AvgIpc) is 3.41. The van der Waals surface area contributed by atoms with Gasteiger partial charge in [-0.2, -0.15) is 4.98 Å². The molecule has 0 aliphatic heterocycles. The molecule has 0 amide bonds. The third-order valence-electron chi connectivity index (χ3n) is 6.02. The summed E-state index contributed by atoms with van der Waals surface area (Å²) in [4.78, 5) is 34.1. The van der Waals surface area contributed by atoms with Crippen LogP contribution in [0, 0.1) is 13.8 Å². The number of nitrogens with zero attached hydrogens (tertiary/aromatic N) is 4. The summed E-state index contributed by atoms with van der Waals surface area (Å²) >= 11 is 1.43. The molecule has 0 bridgehead atoms. The highest BCUT2D eigenvalue weighted by molar-refractivity contribution is 7.98. The number of Topliss-reactive ketones (excluding diaryl/α,β-unsaturated/α-hetero) is 1. The fourth-order valence-corrected chi connectivity index (χ4v) is 4.59. The number of hydrogen-bond donors (Lipinski definition) is 0. The fourth-order valence-electron chi connectivity index (χ4n) is 4.25. The number of hydrogen-bond acceptors (Lipinski definition) is 7. The molecule has 1 aliphatic carbocycles. The van der Waals surface area contributed by atoms with Gasteiger partial charge < -0.3 is 4.74 Å². The van der Waals surface area contributed by atoms with Gasteiger partial charge in [0.25, 0.3) is 5.78 Å². The van der Waals surface area contributed by atoms with Crippen LogP contribution < -0.4 is 0 Å². The summed E-state index contributed by atoms with van der Waals surface area (Å²) in [5.41, 5.74) is 7.45. The maximum absolute atomic E-state index is 12.7. The molecule has 7 nitrogen and oxygen atoms in total. The zero-order valence-corrected chi connectivity index (χ0v) is 19.4. The minimum absolute atomic E-state index is 0.0138. The number of thioether (sulfide) groups is 1.